The molecule has 1 aromatic heterocycles. The molecule has 1 unspecified atom stereocenters. The van der Waals surface area contributed by atoms with Gasteiger partial charge in [0.1, 0.15) is 10.9 Å². The minimum absolute atomic E-state index is 0.260. The number of carboxylic acid groups (broad SMARTS) is 1. The SMILES string of the molecule is CC(C(=O)O)C(=O)NCc1nc2ccccc2s1. The van der Waals surface area contributed by atoms with E-state index in [-0.39, 0.29) is 6.54 Å². The Morgan fingerprint density at radius 3 is 2.83 bits per heavy atom. The van der Waals surface area contributed by atoms with Crippen LogP contribution in [0.1, 0.15) is 11.9 Å². The molecular weight excluding hydrogens is 252 g/mol. The summed E-state index contributed by atoms with van der Waals surface area (Å²) < 4.78 is 1.05. The molecule has 2 rings (SSSR count). The summed E-state index contributed by atoms with van der Waals surface area (Å²) in [4.78, 5) is 26.4. The molecule has 0 fully saturated rings. The lowest BCUT2D eigenvalue weighted by atomic mass is 10.2. The van der Waals surface area contributed by atoms with Gasteiger partial charge in [0.15, 0.2) is 0 Å². The lowest BCUT2D eigenvalue weighted by Gasteiger charge is -2.06. The highest BCUT2D eigenvalue weighted by Crippen LogP contribution is 2.21. The van der Waals surface area contributed by atoms with Crippen molar-refractivity contribution in [1.29, 1.82) is 0 Å². The Morgan fingerprint density at radius 2 is 2.17 bits per heavy atom. The first-order valence-electron chi connectivity index (χ1n) is 5.43. The molecule has 0 spiro atoms. The topological polar surface area (TPSA) is 79.3 Å². The minimum atomic E-state index is -1.13. The van der Waals surface area contributed by atoms with E-state index in [1.54, 1.807) is 0 Å². The highest BCUT2D eigenvalue weighted by molar-refractivity contribution is 7.18. The smallest absolute Gasteiger partial charge is 0.315 e. The van der Waals surface area contributed by atoms with Crippen molar-refractivity contribution in [3.63, 3.8) is 0 Å². The Balaban J connectivity index is 2.02. The number of thiazole rings is 1. The molecule has 18 heavy (non-hydrogen) atoms. The van der Waals surface area contributed by atoms with E-state index >= 15 is 0 Å². The van der Waals surface area contributed by atoms with Crippen molar-refractivity contribution in [3.05, 3.63) is 29.3 Å². The zero-order valence-corrected chi connectivity index (χ0v) is 10.5. The third-order valence-corrected chi connectivity index (χ3v) is 3.55. The van der Waals surface area contributed by atoms with E-state index in [1.165, 1.54) is 18.3 Å². The van der Waals surface area contributed by atoms with Gasteiger partial charge in [-0.25, -0.2) is 4.98 Å². The number of para-hydroxylation sites is 1. The average molecular weight is 264 g/mol. The van der Waals surface area contributed by atoms with Gasteiger partial charge in [0.2, 0.25) is 5.91 Å². The molecule has 94 valence electrons. The van der Waals surface area contributed by atoms with Crippen LogP contribution < -0.4 is 5.32 Å². The second-order valence-corrected chi connectivity index (χ2v) is 4.97. The van der Waals surface area contributed by atoms with Gasteiger partial charge in [-0.05, 0) is 19.1 Å². The van der Waals surface area contributed by atoms with Crippen molar-refractivity contribution in [2.45, 2.75) is 13.5 Å². The Labute approximate surface area is 107 Å². The lowest BCUT2D eigenvalue weighted by Crippen LogP contribution is -2.33. The maximum absolute atomic E-state index is 11.5. The molecule has 0 radical (unpaired) electrons. The zero-order chi connectivity index (χ0) is 13.1. The quantitative estimate of drug-likeness (QED) is 0.823. The Kier molecular flexibility index (Phi) is 3.57. The summed E-state index contributed by atoms with van der Waals surface area (Å²) in [7, 11) is 0. The molecule has 1 amide bonds. The minimum Gasteiger partial charge on any atom is -0.481 e. The first kappa shape index (κ1) is 12.5. The number of amides is 1. The first-order chi connectivity index (χ1) is 8.58. The molecule has 0 aliphatic heterocycles. The maximum Gasteiger partial charge on any atom is 0.315 e. The van der Waals surface area contributed by atoms with E-state index in [2.05, 4.69) is 10.3 Å². The third-order valence-electron chi connectivity index (χ3n) is 2.52. The Morgan fingerprint density at radius 1 is 1.44 bits per heavy atom. The number of nitrogens with one attached hydrogen (secondary N) is 1. The van der Waals surface area contributed by atoms with E-state index < -0.39 is 17.8 Å². The summed E-state index contributed by atoms with van der Waals surface area (Å²) in [5.41, 5.74) is 0.887. The van der Waals surface area contributed by atoms with Gasteiger partial charge in [0.25, 0.3) is 0 Å². The number of aliphatic carboxylic acids is 1. The summed E-state index contributed by atoms with van der Waals surface area (Å²) in [6.45, 7) is 1.62. The summed E-state index contributed by atoms with van der Waals surface area (Å²) in [5.74, 6) is -2.67. The van der Waals surface area contributed by atoms with E-state index in [4.69, 9.17) is 5.11 Å². The van der Waals surface area contributed by atoms with Crippen LogP contribution >= 0.6 is 11.3 Å². The van der Waals surface area contributed by atoms with Crippen LogP contribution in [-0.4, -0.2) is 22.0 Å². The molecule has 0 aliphatic carbocycles. The summed E-state index contributed by atoms with van der Waals surface area (Å²) in [6, 6.07) is 7.68. The van der Waals surface area contributed by atoms with E-state index in [9.17, 15) is 9.59 Å². The van der Waals surface area contributed by atoms with E-state index in [0.717, 1.165) is 15.2 Å². The summed E-state index contributed by atoms with van der Waals surface area (Å²) in [6.07, 6.45) is 0. The largest absolute Gasteiger partial charge is 0.481 e. The van der Waals surface area contributed by atoms with E-state index in [0.29, 0.717) is 0 Å². The van der Waals surface area contributed by atoms with Crippen LogP contribution in [0.15, 0.2) is 24.3 Å². The highest BCUT2D eigenvalue weighted by Gasteiger charge is 2.20. The van der Waals surface area contributed by atoms with E-state index in [1.807, 2.05) is 24.3 Å². The fourth-order valence-corrected chi connectivity index (χ4v) is 2.33. The molecule has 2 aromatic rings. The van der Waals surface area contributed by atoms with Crippen LogP contribution in [0.3, 0.4) is 0 Å². The number of benzene rings is 1. The number of carbonyl (C=O) groups excluding carboxylic acids is 1. The molecule has 2 N–H and O–H groups in total. The second kappa shape index (κ2) is 5.14. The van der Waals surface area contributed by atoms with Gasteiger partial charge in [-0.3, -0.25) is 9.59 Å². The molecule has 1 aromatic carbocycles. The fraction of sp³-hybridized carbons (Fsp3) is 0.250. The maximum atomic E-state index is 11.5. The lowest BCUT2D eigenvalue weighted by molar-refractivity contribution is -0.146. The molecule has 0 aliphatic rings. The molecule has 1 atom stereocenters. The fourth-order valence-electron chi connectivity index (χ4n) is 1.42. The number of carbonyl (C=O) groups is 2. The van der Waals surface area contributed by atoms with Crippen molar-refractivity contribution in [2.75, 3.05) is 0 Å². The average Bonchev–Trinajstić information content (AvgIpc) is 2.77. The third kappa shape index (κ3) is 2.65. The summed E-state index contributed by atoms with van der Waals surface area (Å²) >= 11 is 1.49. The van der Waals surface area contributed by atoms with Crippen LogP contribution in [-0.2, 0) is 16.1 Å². The number of aromatic nitrogens is 1. The molecule has 0 saturated carbocycles. The van der Waals surface area contributed by atoms with Crippen molar-refractivity contribution in [3.8, 4) is 0 Å². The number of hydrogen-bond donors (Lipinski definition) is 2. The van der Waals surface area contributed by atoms with Gasteiger partial charge in [-0.15, -0.1) is 11.3 Å². The number of rotatable bonds is 4. The first-order valence-corrected chi connectivity index (χ1v) is 6.24. The van der Waals surface area contributed by atoms with Gasteiger partial charge in [-0.2, -0.15) is 0 Å². The normalized spacial score (nSPS) is 12.3. The van der Waals surface area contributed by atoms with Gasteiger partial charge in [0, 0.05) is 0 Å². The van der Waals surface area contributed by atoms with Gasteiger partial charge in [-0.1, -0.05) is 12.1 Å². The number of carboxylic acids is 1. The molecule has 6 heteroatoms. The van der Waals surface area contributed by atoms with Crippen LogP contribution in [0.2, 0.25) is 0 Å². The second-order valence-electron chi connectivity index (χ2n) is 3.85. The molecular formula is C12H12N2O3S. The van der Waals surface area contributed by atoms with Crippen molar-refractivity contribution < 1.29 is 14.7 Å². The van der Waals surface area contributed by atoms with Gasteiger partial charge >= 0.3 is 5.97 Å². The molecule has 5 nitrogen and oxygen atoms in total. The van der Waals surface area contributed by atoms with Gasteiger partial charge < -0.3 is 10.4 Å². The van der Waals surface area contributed by atoms with Gasteiger partial charge in [0.05, 0.1) is 16.8 Å². The zero-order valence-electron chi connectivity index (χ0n) is 9.71. The predicted octanol–water partition coefficient (Wildman–Crippen LogP) is 1.63. The number of fused-ring (bicyclic) bond motifs is 1. The Hall–Kier alpha value is -1.95. The van der Waals surface area contributed by atoms with Crippen LogP contribution in [0.5, 0.6) is 0 Å². The molecule has 0 bridgehead atoms. The van der Waals surface area contributed by atoms with Crippen LogP contribution in [0.4, 0.5) is 0 Å². The standard InChI is InChI=1S/C12H12N2O3S/c1-7(12(16)17)11(15)13-6-10-14-8-4-2-3-5-9(8)18-10/h2-5,7H,6H2,1H3,(H,13,15)(H,16,17). The summed E-state index contributed by atoms with van der Waals surface area (Å²) in [5, 5.41) is 12.0. The van der Waals surface area contributed by atoms with Crippen LogP contribution in [0, 0.1) is 5.92 Å². The van der Waals surface area contributed by atoms with Crippen molar-refractivity contribution in [2.24, 2.45) is 5.92 Å². The number of nitrogens with zero attached hydrogens (tertiary/aromatic N) is 1. The molecule has 0 saturated heterocycles. The highest BCUT2D eigenvalue weighted by atomic mass is 32.1. The van der Waals surface area contributed by atoms with Crippen molar-refractivity contribution >= 4 is 33.4 Å². The predicted molar refractivity (Wildman–Crippen MR) is 68.3 cm³/mol. The van der Waals surface area contributed by atoms with Crippen LogP contribution in [0.25, 0.3) is 10.2 Å². The Bertz CT molecular complexity index is 561. The number of hydrogen-bond acceptors (Lipinski definition) is 4. The molecule has 1 heterocycles. The van der Waals surface area contributed by atoms with Crippen molar-refractivity contribution in [1.82, 2.24) is 10.3 Å². The monoisotopic (exact) mass is 264 g/mol.